The minimum Gasteiger partial charge on any atom is -0.484 e. The molecule has 0 radical (unpaired) electrons. The number of nitrogens with zero attached hydrogens (tertiary/aromatic N) is 1. The summed E-state index contributed by atoms with van der Waals surface area (Å²) in [5, 5.41) is 0.574. The van der Waals surface area contributed by atoms with Gasteiger partial charge in [-0.2, -0.15) is 0 Å². The third-order valence-corrected chi connectivity index (χ3v) is 3.51. The Balaban J connectivity index is 2.53. The van der Waals surface area contributed by atoms with Crippen molar-refractivity contribution in [3.8, 4) is 5.75 Å². The minimum absolute atomic E-state index is 0.0138. The molecule has 1 unspecified atom stereocenters. The van der Waals surface area contributed by atoms with E-state index in [9.17, 15) is 4.79 Å². The smallest absolute Gasteiger partial charge is 0.260 e. The fraction of sp³-hybridized carbons (Fsp3) is 0.429. The van der Waals surface area contributed by atoms with Crippen molar-refractivity contribution in [3.63, 3.8) is 0 Å². The second-order valence-electron chi connectivity index (χ2n) is 4.48. The number of hydrogen-bond acceptors (Lipinski definition) is 3. The van der Waals surface area contributed by atoms with Crippen molar-refractivity contribution < 1.29 is 9.53 Å². The van der Waals surface area contributed by atoms with Gasteiger partial charge in [0.25, 0.3) is 5.91 Å². The number of thiocarbonyl (C=S) groups is 1. The predicted octanol–water partition coefficient (Wildman–Crippen LogP) is 2.49. The summed E-state index contributed by atoms with van der Waals surface area (Å²) in [7, 11) is 0. The van der Waals surface area contributed by atoms with Gasteiger partial charge < -0.3 is 15.4 Å². The zero-order valence-corrected chi connectivity index (χ0v) is 13.2. The first-order valence-electron chi connectivity index (χ1n) is 6.39. The first kappa shape index (κ1) is 16.7. The van der Waals surface area contributed by atoms with Gasteiger partial charge in [0.15, 0.2) is 6.61 Å². The molecule has 0 spiro atoms. The zero-order chi connectivity index (χ0) is 15.1. The van der Waals surface area contributed by atoms with E-state index in [2.05, 4.69) is 0 Å². The van der Waals surface area contributed by atoms with E-state index in [4.69, 9.17) is 34.3 Å². The lowest BCUT2D eigenvalue weighted by atomic mass is 10.1. The maximum absolute atomic E-state index is 12.1. The van der Waals surface area contributed by atoms with Gasteiger partial charge in [0.05, 0.1) is 4.99 Å². The summed E-state index contributed by atoms with van der Waals surface area (Å²) >= 11 is 10.8. The van der Waals surface area contributed by atoms with E-state index in [1.807, 2.05) is 13.8 Å². The molecular formula is C14H19ClN2O2S. The Morgan fingerprint density at radius 1 is 1.55 bits per heavy atom. The number of carbonyl (C=O) groups is 1. The van der Waals surface area contributed by atoms with E-state index in [1.54, 1.807) is 29.2 Å². The van der Waals surface area contributed by atoms with Gasteiger partial charge in [0.2, 0.25) is 0 Å². The van der Waals surface area contributed by atoms with Gasteiger partial charge in [-0.3, -0.25) is 4.79 Å². The molecule has 0 bridgehead atoms. The zero-order valence-electron chi connectivity index (χ0n) is 11.6. The molecule has 4 nitrogen and oxygen atoms in total. The van der Waals surface area contributed by atoms with Crippen LogP contribution in [0.4, 0.5) is 0 Å². The van der Waals surface area contributed by atoms with Gasteiger partial charge in [-0.25, -0.2) is 0 Å². The molecule has 110 valence electrons. The third kappa shape index (κ3) is 5.35. The summed E-state index contributed by atoms with van der Waals surface area (Å²) in [6.07, 6.45) is 0. The lowest BCUT2D eigenvalue weighted by Crippen LogP contribution is -2.40. The van der Waals surface area contributed by atoms with Crippen molar-refractivity contribution in [2.75, 3.05) is 19.7 Å². The van der Waals surface area contributed by atoms with Gasteiger partial charge in [0, 0.05) is 24.0 Å². The average Bonchev–Trinajstić information content (AvgIpc) is 2.41. The summed E-state index contributed by atoms with van der Waals surface area (Å²) in [5.74, 6) is 0.458. The van der Waals surface area contributed by atoms with Crippen molar-refractivity contribution in [1.29, 1.82) is 0 Å². The highest BCUT2D eigenvalue weighted by Crippen LogP contribution is 2.17. The molecule has 1 atom stereocenters. The highest BCUT2D eigenvalue weighted by molar-refractivity contribution is 7.80. The lowest BCUT2D eigenvalue weighted by molar-refractivity contribution is -0.133. The Hall–Kier alpha value is -1.33. The molecule has 20 heavy (non-hydrogen) atoms. The molecule has 6 heteroatoms. The van der Waals surface area contributed by atoms with E-state index in [0.29, 0.717) is 28.9 Å². The van der Waals surface area contributed by atoms with Gasteiger partial charge in [0.1, 0.15) is 5.75 Å². The van der Waals surface area contributed by atoms with Crippen molar-refractivity contribution in [2.24, 2.45) is 11.7 Å². The van der Waals surface area contributed by atoms with Crippen LogP contribution in [0, 0.1) is 5.92 Å². The Morgan fingerprint density at radius 3 is 2.80 bits per heavy atom. The Morgan fingerprint density at radius 2 is 2.25 bits per heavy atom. The van der Waals surface area contributed by atoms with E-state index in [1.165, 1.54) is 0 Å². The predicted molar refractivity (Wildman–Crippen MR) is 85.2 cm³/mol. The molecule has 0 saturated carbocycles. The van der Waals surface area contributed by atoms with Gasteiger partial charge in [-0.05, 0) is 25.1 Å². The highest BCUT2D eigenvalue weighted by Gasteiger charge is 2.16. The summed E-state index contributed by atoms with van der Waals surface area (Å²) in [4.78, 5) is 14.2. The van der Waals surface area contributed by atoms with Crippen LogP contribution in [0.5, 0.6) is 5.75 Å². The van der Waals surface area contributed by atoms with Crippen molar-refractivity contribution >= 4 is 34.7 Å². The molecule has 1 aromatic rings. The molecule has 1 aromatic carbocycles. The molecule has 0 aliphatic rings. The quantitative estimate of drug-likeness (QED) is 0.786. The normalized spacial score (nSPS) is 11.8. The molecule has 1 amide bonds. The summed E-state index contributed by atoms with van der Waals surface area (Å²) in [5.41, 5.74) is 5.57. The van der Waals surface area contributed by atoms with Crippen molar-refractivity contribution in [2.45, 2.75) is 13.8 Å². The van der Waals surface area contributed by atoms with Crippen LogP contribution < -0.4 is 10.5 Å². The van der Waals surface area contributed by atoms with Crippen LogP contribution in [-0.4, -0.2) is 35.5 Å². The standard InChI is InChI=1S/C14H19ClN2O2S/c1-3-17(8-10(2)14(16)20)13(18)9-19-12-6-4-5-11(15)7-12/h4-7,10H,3,8-9H2,1-2H3,(H2,16,20). The lowest BCUT2D eigenvalue weighted by Gasteiger charge is -2.24. The number of hydrogen-bond donors (Lipinski definition) is 1. The van der Waals surface area contributed by atoms with E-state index in [-0.39, 0.29) is 18.4 Å². The maximum atomic E-state index is 12.1. The maximum Gasteiger partial charge on any atom is 0.260 e. The molecule has 2 N–H and O–H groups in total. The van der Waals surface area contributed by atoms with Crippen LogP contribution >= 0.6 is 23.8 Å². The molecule has 0 aliphatic heterocycles. The number of nitrogens with two attached hydrogens (primary N) is 1. The SMILES string of the molecule is CCN(CC(C)C(N)=S)C(=O)COc1cccc(Cl)c1. The number of halogens is 1. The Kier molecular flexibility index (Phi) is 6.75. The van der Waals surface area contributed by atoms with Gasteiger partial charge in [-0.1, -0.05) is 36.8 Å². The topological polar surface area (TPSA) is 55.6 Å². The van der Waals surface area contributed by atoms with Crippen LogP contribution in [0.3, 0.4) is 0 Å². The fourth-order valence-corrected chi connectivity index (χ4v) is 1.88. The number of amides is 1. The Bertz CT molecular complexity index is 482. The van der Waals surface area contributed by atoms with Crippen LogP contribution in [0.2, 0.25) is 5.02 Å². The first-order chi connectivity index (χ1) is 9.43. The fourth-order valence-electron chi connectivity index (χ4n) is 1.62. The second-order valence-corrected chi connectivity index (χ2v) is 5.39. The summed E-state index contributed by atoms with van der Waals surface area (Å²) in [6.45, 7) is 4.87. The van der Waals surface area contributed by atoms with E-state index in [0.717, 1.165) is 0 Å². The number of rotatable bonds is 7. The highest BCUT2D eigenvalue weighted by atomic mass is 35.5. The first-order valence-corrected chi connectivity index (χ1v) is 7.18. The van der Waals surface area contributed by atoms with Gasteiger partial charge >= 0.3 is 0 Å². The van der Waals surface area contributed by atoms with Crippen LogP contribution in [0.1, 0.15) is 13.8 Å². The molecule has 0 aliphatic carbocycles. The molecular weight excluding hydrogens is 296 g/mol. The molecule has 0 aromatic heterocycles. The van der Waals surface area contributed by atoms with Crippen molar-refractivity contribution in [3.05, 3.63) is 29.3 Å². The van der Waals surface area contributed by atoms with Crippen LogP contribution in [0.25, 0.3) is 0 Å². The van der Waals surface area contributed by atoms with E-state index >= 15 is 0 Å². The van der Waals surface area contributed by atoms with Crippen LogP contribution in [0.15, 0.2) is 24.3 Å². The molecule has 0 fully saturated rings. The number of benzene rings is 1. The second kappa shape index (κ2) is 8.07. The average molecular weight is 315 g/mol. The number of likely N-dealkylation sites (N-methyl/N-ethyl adjacent to an activating group) is 1. The third-order valence-electron chi connectivity index (χ3n) is 2.87. The Labute approximate surface area is 129 Å². The van der Waals surface area contributed by atoms with Crippen molar-refractivity contribution in [1.82, 2.24) is 4.90 Å². The largest absolute Gasteiger partial charge is 0.484 e. The van der Waals surface area contributed by atoms with Crippen LogP contribution in [-0.2, 0) is 4.79 Å². The minimum atomic E-state index is -0.101. The number of carbonyl (C=O) groups excluding carboxylic acids is 1. The number of ether oxygens (including phenoxy) is 1. The molecule has 0 heterocycles. The summed E-state index contributed by atoms with van der Waals surface area (Å²) in [6, 6.07) is 6.95. The summed E-state index contributed by atoms with van der Waals surface area (Å²) < 4.78 is 5.43. The van der Waals surface area contributed by atoms with Gasteiger partial charge in [-0.15, -0.1) is 0 Å². The molecule has 0 saturated heterocycles. The van der Waals surface area contributed by atoms with E-state index < -0.39 is 0 Å². The molecule has 1 rings (SSSR count). The monoisotopic (exact) mass is 314 g/mol.